The lowest BCUT2D eigenvalue weighted by Crippen LogP contribution is -2.23. The molecule has 0 aromatic rings. The van der Waals surface area contributed by atoms with E-state index in [4.69, 9.17) is 19.3 Å². The molecule has 0 saturated heterocycles. The number of ether oxygens (including phenoxy) is 3. The van der Waals surface area contributed by atoms with E-state index in [9.17, 15) is 9.59 Å². The Hall–Kier alpha value is -1.14. The maximum Gasteiger partial charge on any atom is 0.329 e. The molecule has 0 aromatic heterocycles. The van der Waals surface area contributed by atoms with Crippen molar-refractivity contribution in [2.75, 3.05) is 26.4 Å². The quantitative estimate of drug-likeness (QED) is 0.440. The number of carbonyl (C=O) groups is 2. The third-order valence-corrected chi connectivity index (χ3v) is 2.44. The number of unbranched alkanes of at least 4 members (excludes halogenated alkanes) is 3. The first kappa shape index (κ1) is 19.9. The van der Waals surface area contributed by atoms with E-state index in [1.165, 1.54) is 0 Å². The molecule has 21 heavy (non-hydrogen) atoms. The summed E-state index contributed by atoms with van der Waals surface area (Å²) < 4.78 is 15.3. The molecule has 0 spiro atoms. The first-order valence-electron chi connectivity index (χ1n) is 7.40. The van der Waals surface area contributed by atoms with E-state index in [-0.39, 0.29) is 12.6 Å². The third kappa shape index (κ3) is 16.8. The zero-order chi connectivity index (χ0) is 16.1. The van der Waals surface area contributed by atoms with Crippen LogP contribution in [0, 0.1) is 0 Å². The molecule has 0 heterocycles. The molecule has 0 unspecified atom stereocenters. The molecule has 0 aliphatic carbocycles. The van der Waals surface area contributed by atoms with Crippen LogP contribution >= 0.6 is 0 Å². The summed E-state index contributed by atoms with van der Waals surface area (Å²) in [6.07, 6.45) is 4.18. The number of carbonyl (C=O) groups excluding carboxylic acids is 1. The predicted octanol–water partition coefficient (Wildman–Crippen LogP) is 2.40. The summed E-state index contributed by atoms with van der Waals surface area (Å²) >= 11 is 0. The van der Waals surface area contributed by atoms with E-state index in [1.54, 1.807) is 0 Å². The minimum Gasteiger partial charge on any atom is -0.480 e. The topological polar surface area (TPSA) is 82.1 Å². The van der Waals surface area contributed by atoms with E-state index in [0.717, 1.165) is 25.7 Å². The first-order chi connectivity index (χ1) is 9.81. The second-order valence-electron chi connectivity index (χ2n) is 5.81. The average molecular weight is 304 g/mol. The summed E-state index contributed by atoms with van der Waals surface area (Å²) in [6.45, 7) is 6.64. The SMILES string of the molecule is CC(C)(C)OC(=O)CCCCCCOCCOCC(=O)O. The lowest BCUT2D eigenvalue weighted by molar-refractivity contribution is -0.155. The minimum atomic E-state index is -0.972. The summed E-state index contributed by atoms with van der Waals surface area (Å²) in [5.41, 5.74) is -0.409. The van der Waals surface area contributed by atoms with E-state index < -0.39 is 11.6 Å². The van der Waals surface area contributed by atoms with Gasteiger partial charge in [0.15, 0.2) is 0 Å². The van der Waals surface area contributed by atoms with Crippen molar-refractivity contribution < 1.29 is 28.9 Å². The Labute approximate surface area is 126 Å². The molecule has 124 valence electrons. The standard InChI is InChI=1S/C15H28O6/c1-15(2,3)21-14(18)8-6-4-5-7-9-19-10-11-20-12-13(16)17/h4-12H2,1-3H3,(H,16,17). The van der Waals surface area contributed by atoms with Gasteiger partial charge in [-0.25, -0.2) is 4.79 Å². The van der Waals surface area contributed by atoms with Gasteiger partial charge in [-0.2, -0.15) is 0 Å². The molecule has 0 aliphatic heterocycles. The summed E-state index contributed by atoms with van der Waals surface area (Å²) in [5, 5.41) is 8.34. The summed E-state index contributed by atoms with van der Waals surface area (Å²) in [4.78, 5) is 21.6. The highest BCUT2D eigenvalue weighted by Gasteiger charge is 2.15. The van der Waals surface area contributed by atoms with Crippen LogP contribution in [-0.4, -0.2) is 49.1 Å². The Balaban J connectivity index is 3.22. The Morgan fingerprint density at radius 3 is 2.14 bits per heavy atom. The Morgan fingerprint density at radius 2 is 1.52 bits per heavy atom. The van der Waals surface area contributed by atoms with Crippen LogP contribution in [-0.2, 0) is 23.8 Å². The molecule has 6 nitrogen and oxygen atoms in total. The average Bonchev–Trinajstić information content (AvgIpc) is 2.33. The lowest BCUT2D eigenvalue weighted by atomic mass is 10.1. The van der Waals surface area contributed by atoms with Crippen LogP contribution in [0.1, 0.15) is 52.9 Å². The first-order valence-corrected chi connectivity index (χ1v) is 7.40. The fraction of sp³-hybridized carbons (Fsp3) is 0.867. The van der Waals surface area contributed by atoms with Gasteiger partial charge in [-0.05, 0) is 33.6 Å². The maximum atomic E-state index is 11.4. The van der Waals surface area contributed by atoms with Gasteiger partial charge in [-0.1, -0.05) is 12.8 Å². The van der Waals surface area contributed by atoms with Crippen molar-refractivity contribution in [2.45, 2.75) is 58.5 Å². The third-order valence-electron chi connectivity index (χ3n) is 2.44. The van der Waals surface area contributed by atoms with E-state index in [1.807, 2.05) is 20.8 Å². The van der Waals surface area contributed by atoms with Crippen LogP contribution in [0.4, 0.5) is 0 Å². The number of carboxylic acids is 1. The van der Waals surface area contributed by atoms with Crippen molar-refractivity contribution in [3.05, 3.63) is 0 Å². The summed E-state index contributed by atoms with van der Waals surface area (Å²) in [7, 11) is 0. The number of hydrogen-bond acceptors (Lipinski definition) is 5. The monoisotopic (exact) mass is 304 g/mol. The van der Waals surface area contributed by atoms with E-state index >= 15 is 0 Å². The van der Waals surface area contributed by atoms with Crippen LogP contribution in [0.15, 0.2) is 0 Å². The predicted molar refractivity (Wildman–Crippen MR) is 78.2 cm³/mol. The van der Waals surface area contributed by atoms with Crippen molar-refractivity contribution in [1.29, 1.82) is 0 Å². The molecule has 0 amide bonds. The molecule has 0 rings (SSSR count). The van der Waals surface area contributed by atoms with Gasteiger partial charge in [0.2, 0.25) is 0 Å². The molecule has 6 heteroatoms. The van der Waals surface area contributed by atoms with Gasteiger partial charge in [0, 0.05) is 13.0 Å². The van der Waals surface area contributed by atoms with Crippen molar-refractivity contribution in [3.8, 4) is 0 Å². The van der Waals surface area contributed by atoms with Gasteiger partial charge in [-0.15, -0.1) is 0 Å². The highest BCUT2D eigenvalue weighted by molar-refractivity contribution is 5.69. The van der Waals surface area contributed by atoms with E-state index in [2.05, 4.69) is 0 Å². The molecule has 1 N–H and O–H groups in total. The fourth-order valence-corrected chi connectivity index (χ4v) is 1.60. The number of rotatable bonds is 12. The van der Waals surface area contributed by atoms with Gasteiger partial charge < -0.3 is 19.3 Å². The Bertz CT molecular complexity index is 295. The normalized spacial score (nSPS) is 11.4. The summed E-state index contributed by atoms with van der Waals surface area (Å²) in [6, 6.07) is 0. The smallest absolute Gasteiger partial charge is 0.329 e. The molecular weight excluding hydrogens is 276 g/mol. The molecule has 0 atom stereocenters. The number of carboxylic acid groups (broad SMARTS) is 1. The maximum absolute atomic E-state index is 11.4. The Kier molecular flexibility index (Phi) is 10.9. The van der Waals surface area contributed by atoms with Crippen molar-refractivity contribution >= 4 is 11.9 Å². The van der Waals surface area contributed by atoms with Crippen LogP contribution in [0.5, 0.6) is 0 Å². The second-order valence-corrected chi connectivity index (χ2v) is 5.81. The van der Waals surface area contributed by atoms with Gasteiger partial charge >= 0.3 is 11.9 Å². The number of esters is 1. The zero-order valence-electron chi connectivity index (χ0n) is 13.4. The van der Waals surface area contributed by atoms with Crippen molar-refractivity contribution in [3.63, 3.8) is 0 Å². The molecule has 0 aliphatic rings. The number of hydrogen-bond donors (Lipinski definition) is 1. The van der Waals surface area contributed by atoms with Crippen LogP contribution in [0.3, 0.4) is 0 Å². The number of aliphatic carboxylic acids is 1. The van der Waals surface area contributed by atoms with Crippen LogP contribution in [0.25, 0.3) is 0 Å². The van der Waals surface area contributed by atoms with Crippen molar-refractivity contribution in [1.82, 2.24) is 0 Å². The van der Waals surface area contributed by atoms with Crippen molar-refractivity contribution in [2.24, 2.45) is 0 Å². The molecule has 0 aromatic carbocycles. The summed E-state index contributed by atoms with van der Waals surface area (Å²) in [5.74, 6) is -1.12. The highest BCUT2D eigenvalue weighted by Crippen LogP contribution is 2.11. The van der Waals surface area contributed by atoms with E-state index in [0.29, 0.717) is 26.2 Å². The van der Waals surface area contributed by atoms with Gasteiger partial charge in [-0.3, -0.25) is 4.79 Å². The Morgan fingerprint density at radius 1 is 0.905 bits per heavy atom. The molecule has 0 radical (unpaired) electrons. The largest absolute Gasteiger partial charge is 0.480 e. The lowest BCUT2D eigenvalue weighted by Gasteiger charge is -2.19. The fourth-order valence-electron chi connectivity index (χ4n) is 1.60. The highest BCUT2D eigenvalue weighted by atomic mass is 16.6. The molecule has 0 bridgehead atoms. The molecular formula is C15H28O6. The molecule has 0 saturated carbocycles. The van der Waals surface area contributed by atoms with Gasteiger partial charge in [0.05, 0.1) is 13.2 Å². The second kappa shape index (κ2) is 11.5. The minimum absolute atomic E-state index is 0.144. The van der Waals surface area contributed by atoms with Gasteiger partial charge in [0.1, 0.15) is 12.2 Å². The van der Waals surface area contributed by atoms with Crippen LogP contribution < -0.4 is 0 Å². The van der Waals surface area contributed by atoms with Crippen LogP contribution in [0.2, 0.25) is 0 Å². The zero-order valence-corrected chi connectivity index (χ0v) is 13.4. The molecule has 0 fully saturated rings. The van der Waals surface area contributed by atoms with Gasteiger partial charge in [0.25, 0.3) is 0 Å².